The van der Waals surface area contributed by atoms with Crippen molar-refractivity contribution in [2.24, 2.45) is 0 Å². The Balaban J connectivity index is 2.52. The number of hydrogen-bond donors (Lipinski definition) is 0. The Hall–Kier alpha value is -2.44. The molecule has 0 saturated carbocycles. The van der Waals surface area contributed by atoms with Crippen LogP contribution in [0.4, 0.5) is 22.0 Å². The third kappa shape index (κ3) is 2.54. The molecule has 0 aromatic heterocycles. The van der Waals surface area contributed by atoms with Gasteiger partial charge in [-0.15, -0.1) is 0 Å². The number of halogens is 5. The highest BCUT2D eigenvalue weighted by Gasteiger charge is 2.31. The first-order valence-electron chi connectivity index (χ1n) is 6.05. The van der Waals surface area contributed by atoms with Gasteiger partial charge in [-0.05, 0) is 25.0 Å². The van der Waals surface area contributed by atoms with Gasteiger partial charge in [-0.2, -0.15) is 0 Å². The lowest BCUT2D eigenvalue weighted by atomic mass is 10.1. The average Bonchev–Trinajstić information content (AvgIpc) is 2.47. The Kier molecular flexibility index (Phi) is 4.16. The minimum Gasteiger partial charge on any atom is -0.422 e. The summed E-state index contributed by atoms with van der Waals surface area (Å²) in [6, 6.07) is 4.78. The molecule has 0 amide bonds. The molecule has 2 nitrogen and oxygen atoms in total. The molecule has 22 heavy (non-hydrogen) atoms. The van der Waals surface area contributed by atoms with Crippen LogP contribution in [0.2, 0.25) is 0 Å². The maximum absolute atomic E-state index is 13.5. The van der Waals surface area contributed by atoms with E-state index in [-0.39, 0.29) is 5.75 Å². The van der Waals surface area contributed by atoms with Gasteiger partial charge >= 0.3 is 5.97 Å². The van der Waals surface area contributed by atoms with E-state index >= 15 is 0 Å². The van der Waals surface area contributed by atoms with E-state index in [4.69, 9.17) is 4.74 Å². The van der Waals surface area contributed by atoms with Crippen molar-refractivity contribution >= 4 is 5.97 Å². The van der Waals surface area contributed by atoms with E-state index in [1.54, 1.807) is 32.0 Å². The van der Waals surface area contributed by atoms with Crippen LogP contribution in [0.5, 0.6) is 5.75 Å². The second kappa shape index (κ2) is 5.75. The molecule has 0 unspecified atom stereocenters. The third-order valence-electron chi connectivity index (χ3n) is 3.02. The fraction of sp³-hybridized carbons (Fsp3) is 0.133. The van der Waals surface area contributed by atoms with Crippen molar-refractivity contribution < 1.29 is 31.5 Å². The summed E-state index contributed by atoms with van der Waals surface area (Å²) in [5.74, 6) is -12.9. The summed E-state index contributed by atoms with van der Waals surface area (Å²) in [6.07, 6.45) is 0. The van der Waals surface area contributed by atoms with Crippen LogP contribution in [0.15, 0.2) is 18.2 Å². The average molecular weight is 316 g/mol. The van der Waals surface area contributed by atoms with Crippen LogP contribution in [-0.4, -0.2) is 5.97 Å². The summed E-state index contributed by atoms with van der Waals surface area (Å²) in [6.45, 7) is 3.13. The number of aryl methyl sites for hydroxylation is 2. The van der Waals surface area contributed by atoms with E-state index in [9.17, 15) is 26.7 Å². The summed E-state index contributed by atoms with van der Waals surface area (Å²) in [5.41, 5.74) is -0.687. The number of esters is 1. The zero-order chi connectivity index (χ0) is 16.6. The van der Waals surface area contributed by atoms with Gasteiger partial charge in [-0.3, -0.25) is 0 Å². The number of rotatable bonds is 2. The smallest absolute Gasteiger partial charge is 0.349 e. The molecule has 7 heteroatoms. The molecule has 2 rings (SSSR count). The monoisotopic (exact) mass is 316 g/mol. The number of carbonyl (C=O) groups is 1. The normalized spacial score (nSPS) is 10.7. The van der Waals surface area contributed by atoms with Crippen LogP contribution >= 0.6 is 0 Å². The van der Waals surface area contributed by atoms with Crippen molar-refractivity contribution in [2.75, 3.05) is 0 Å². The predicted molar refractivity (Wildman–Crippen MR) is 67.1 cm³/mol. The summed E-state index contributed by atoms with van der Waals surface area (Å²) < 4.78 is 71.0. The molecular formula is C15H9F5O2. The summed E-state index contributed by atoms with van der Waals surface area (Å²) >= 11 is 0. The van der Waals surface area contributed by atoms with Crippen molar-refractivity contribution in [1.29, 1.82) is 0 Å². The number of benzene rings is 2. The fourth-order valence-corrected chi connectivity index (χ4v) is 1.89. The molecule has 2 aromatic rings. The predicted octanol–water partition coefficient (Wildman–Crippen LogP) is 4.22. The highest BCUT2D eigenvalue weighted by atomic mass is 19.2. The van der Waals surface area contributed by atoms with Gasteiger partial charge in [-0.1, -0.05) is 18.2 Å². The van der Waals surface area contributed by atoms with Crippen molar-refractivity contribution in [3.63, 3.8) is 0 Å². The van der Waals surface area contributed by atoms with Crippen LogP contribution in [-0.2, 0) is 0 Å². The minimum absolute atomic E-state index is 0.00330. The molecule has 0 N–H and O–H groups in total. The molecule has 0 atom stereocenters. The lowest BCUT2D eigenvalue weighted by Gasteiger charge is -2.12. The van der Waals surface area contributed by atoms with Gasteiger partial charge in [0.2, 0.25) is 5.82 Å². The molecule has 0 fully saturated rings. The Morgan fingerprint density at radius 2 is 1.23 bits per heavy atom. The Labute approximate surface area is 122 Å². The van der Waals surface area contributed by atoms with Gasteiger partial charge in [0.05, 0.1) is 0 Å². The largest absolute Gasteiger partial charge is 0.422 e. The first kappa shape index (κ1) is 15.9. The van der Waals surface area contributed by atoms with Crippen LogP contribution in [0.25, 0.3) is 0 Å². The zero-order valence-electron chi connectivity index (χ0n) is 11.4. The Morgan fingerprint density at radius 1 is 0.818 bits per heavy atom. The van der Waals surface area contributed by atoms with Gasteiger partial charge in [0, 0.05) is 0 Å². The molecule has 0 spiro atoms. The maximum Gasteiger partial charge on any atom is 0.349 e. The summed E-state index contributed by atoms with van der Waals surface area (Å²) in [4.78, 5) is 11.8. The molecule has 2 aromatic carbocycles. The fourth-order valence-electron chi connectivity index (χ4n) is 1.89. The molecular weight excluding hydrogens is 307 g/mol. The molecule has 0 aliphatic heterocycles. The highest BCUT2D eigenvalue weighted by Crippen LogP contribution is 2.27. The van der Waals surface area contributed by atoms with Crippen LogP contribution in [0, 0.1) is 42.9 Å². The first-order valence-corrected chi connectivity index (χ1v) is 6.05. The van der Waals surface area contributed by atoms with Crippen molar-refractivity contribution in [1.82, 2.24) is 0 Å². The molecule has 0 aliphatic carbocycles. The second-order valence-corrected chi connectivity index (χ2v) is 4.56. The molecule has 116 valence electrons. The molecule has 0 aliphatic rings. The molecule has 0 radical (unpaired) electrons. The van der Waals surface area contributed by atoms with E-state index in [1.807, 2.05) is 0 Å². The van der Waals surface area contributed by atoms with Gasteiger partial charge in [-0.25, -0.2) is 26.7 Å². The standard InChI is InChI=1S/C15H9F5O2/c1-6-4-3-5-7(2)14(6)22-15(21)8-9(16)11(18)13(20)12(19)10(8)17/h3-5H,1-2H3. The van der Waals surface area contributed by atoms with Crippen LogP contribution in [0.1, 0.15) is 21.5 Å². The number of para-hydroxylation sites is 1. The summed E-state index contributed by atoms with van der Waals surface area (Å²) in [7, 11) is 0. The van der Waals surface area contributed by atoms with Gasteiger partial charge in [0.15, 0.2) is 23.3 Å². The molecule has 0 saturated heterocycles. The number of carbonyl (C=O) groups excluding carboxylic acids is 1. The van der Waals surface area contributed by atoms with E-state index in [0.29, 0.717) is 11.1 Å². The molecule has 0 heterocycles. The lowest BCUT2D eigenvalue weighted by molar-refractivity contribution is 0.0718. The lowest BCUT2D eigenvalue weighted by Crippen LogP contribution is -2.18. The zero-order valence-corrected chi connectivity index (χ0v) is 11.4. The van der Waals surface area contributed by atoms with E-state index in [2.05, 4.69) is 0 Å². The first-order chi connectivity index (χ1) is 10.3. The van der Waals surface area contributed by atoms with Crippen molar-refractivity contribution in [3.8, 4) is 5.75 Å². The van der Waals surface area contributed by atoms with E-state index < -0.39 is 40.6 Å². The quantitative estimate of drug-likeness (QED) is 0.273. The SMILES string of the molecule is Cc1cccc(C)c1OC(=O)c1c(F)c(F)c(F)c(F)c1F. The van der Waals surface area contributed by atoms with Crippen LogP contribution in [0.3, 0.4) is 0 Å². The Morgan fingerprint density at radius 3 is 1.68 bits per heavy atom. The van der Waals surface area contributed by atoms with E-state index in [1.165, 1.54) is 0 Å². The third-order valence-corrected chi connectivity index (χ3v) is 3.02. The molecule has 0 bridgehead atoms. The highest BCUT2D eigenvalue weighted by molar-refractivity contribution is 5.92. The number of ether oxygens (including phenoxy) is 1. The van der Waals surface area contributed by atoms with E-state index in [0.717, 1.165) is 0 Å². The Bertz CT molecular complexity index is 722. The maximum atomic E-state index is 13.5. The summed E-state index contributed by atoms with van der Waals surface area (Å²) in [5, 5.41) is 0. The minimum atomic E-state index is -2.33. The van der Waals surface area contributed by atoms with Crippen molar-refractivity contribution in [2.45, 2.75) is 13.8 Å². The van der Waals surface area contributed by atoms with Gasteiger partial charge in [0.25, 0.3) is 0 Å². The van der Waals surface area contributed by atoms with Crippen LogP contribution < -0.4 is 4.74 Å². The van der Waals surface area contributed by atoms with Gasteiger partial charge < -0.3 is 4.74 Å². The number of hydrogen-bond acceptors (Lipinski definition) is 2. The van der Waals surface area contributed by atoms with Gasteiger partial charge in [0.1, 0.15) is 11.3 Å². The van der Waals surface area contributed by atoms with Crippen molar-refractivity contribution in [3.05, 3.63) is 64.0 Å². The second-order valence-electron chi connectivity index (χ2n) is 4.56. The topological polar surface area (TPSA) is 26.3 Å².